The molecule has 3 amide bonds. The number of hydrogen-bond donors (Lipinski definition) is 1. The van der Waals surface area contributed by atoms with Crippen molar-refractivity contribution >= 4 is 52.2 Å². The van der Waals surface area contributed by atoms with E-state index in [0.717, 1.165) is 4.90 Å². The summed E-state index contributed by atoms with van der Waals surface area (Å²) in [6.07, 6.45) is 1.47. The summed E-state index contributed by atoms with van der Waals surface area (Å²) >= 11 is 6.81. The molecule has 10 heteroatoms. The molecule has 1 N–H and O–H groups in total. The third-order valence-electron chi connectivity index (χ3n) is 5.17. The van der Waals surface area contributed by atoms with Gasteiger partial charge in [0.15, 0.2) is 11.5 Å². The van der Waals surface area contributed by atoms with Crippen LogP contribution in [0.1, 0.15) is 11.1 Å². The zero-order chi connectivity index (χ0) is 25.7. The molecule has 1 aliphatic heterocycles. The lowest BCUT2D eigenvalue weighted by atomic mass is 10.1. The molecule has 184 valence electrons. The summed E-state index contributed by atoms with van der Waals surface area (Å²) in [5.74, 6) is -1.05. The molecule has 3 aromatic carbocycles. The second-order valence-corrected chi connectivity index (χ2v) is 8.95. The summed E-state index contributed by atoms with van der Waals surface area (Å²) in [6.45, 7) is -0.613. The number of ether oxygens (including phenoxy) is 2. The van der Waals surface area contributed by atoms with Gasteiger partial charge in [0.05, 0.1) is 17.0 Å². The monoisotopic (exact) mass is 526 g/mol. The average Bonchev–Trinajstić information content (AvgIpc) is 3.12. The summed E-state index contributed by atoms with van der Waals surface area (Å²) in [7, 11) is 1.45. The van der Waals surface area contributed by atoms with Gasteiger partial charge in [-0.05, 0) is 48.2 Å². The molecule has 0 aromatic heterocycles. The molecule has 7 nitrogen and oxygen atoms in total. The first-order valence-corrected chi connectivity index (χ1v) is 11.9. The van der Waals surface area contributed by atoms with Crippen molar-refractivity contribution in [1.82, 2.24) is 4.90 Å². The van der Waals surface area contributed by atoms with E-state index in [2.05, 4.69) is 5.32 Å². The normalized spacial score (nSPS) is 14.3. The Labute approximate surface area is 215 Å². The number of amides is 3. The number of nitrogens with zero attached hydrogens (tertiary/aromatic N) is 1. The lowest BCUT2D eigenvalue weighted by molar-refractivity contribution is -0.127. The maximum Gasteiger partial charge on any atom is 0.294 e. The molecule has 0 unspecified atom stereocenters. The van der Waals surface area contributed by atoms with Gasteiger partial charge in [0, 0.05) is 16.8 Å². The van der Waals surface area contributed by atoms with Crippen LogP contribution < -0.4 is 14.8 Å². The highest BCUT2D eigenvalue weighted by Crippen LogP contribution is 2.38. The fourth-order valence-electron chi connectivity index (χ4n) is 3.42. The minimum atomic E-state index is -0.612. The van der Waals surface area contributed by atoms with Crippen LogP contribution in [0.4, 0.5) is 14.9 Å². The first-order chi connectivity index (χ1) is 17.4. The fourth-order valence-corrected chi connectivity index (χ4v) is 4.47. The van der Waals surface area contributed by atoms with Crippen LogP contribution in [0, 0.1) is 5.82 Å². The van der Waals surface area contributed by atoms with Crippen LogP contribution in [0.5, 0.6) is 11.5 Å². The Morgan fingerprint density at radius 3 is 2.56 bits per heavy atom. The van der Waals surface area contributed by atoms with Crippen molar-refractivity contribution in [3.63, 3.8) is 0 Å². The molecule has 0 spiro atoms. The quantitative estimate of drug-likeness (QED) is 0.377. The molecule has 36 heavy (non-hydrogen) atoms. The second-order valence-electron chi connectivity index (χ2n) is 7.55. The number of methoxy groups -OCH3 is 1. The van der Waals surface area contributed by atoms with Gasteiger partial charge in [-0.1, -0.05) is 48.0 Å². The van der Waals surface area contributed by atoms with Gasteiger partial charge in [-0.15, -0.1) is 0 Å². The van der Waals surface area contributed by atoms with Crippen molar-refractivity contribution < 1.29 is 28.2 Å². The fraction of sp³-hybridized carbons (Fsp3) is 0.115. The number of rotatable bonds is 8. The molecule has 1 heterocycles. The lowest BCUT2D eigenvalue weighted by Crippen LogP contribution is -2.36. The van der Waals surface area contributed by atoms with Crippen molar-refractivity contribution in [1.29, 1.82) is 0 Å². The number of para-hydroxylation sites is 2. The standard InChI is InChI=1S/C26H20ClFN2O5S/c1-34-21-12-5-7-16(24(21)35-15-18-19(27)10-6-11-20(18)28)13-22-25(32)30(26(33)36-22)14-23(31)29-17-8-3-2-4-9-17/h2-13H,14-15H2,1H3,(H,29,31)/b22-13-. The Morgan fingerprint density at radius 2 is 1.83 bits per heavy atom. The van der Waals surface area contributed by atoms with Crippen molar-refractivity contribution in [3.8, 4) is 11.5 Å². The molecule has 0 saturated carbocycles. The SMILES string of the molecule is COc1cccc(/C=C2\SC(=O)N(CC(=O)Nc3ccccc3)C2=O)c1OCc1c(F)cccc1Cl. The van der Waals surface area contributed by atoms with Crippen molar-refractivity contribution in [3.05, 3.63) is 93.6 Å². The molecule has 1 saturated heterocycles. The predicted molar refractivity (Wildman–Crippen MR) is 136 cm³/mol. The van der Waals surface area contributed by atoms with Gasteiger partial charge in [0.25, 0.3) is 11.1 Å². The number of thioether (sulfide) groups is 1. The van der Waals surface area contributed by atoms with Crippen LogP contribution in [0.3, 0.4) is 0 Å². The van der Waals surface area contributed by atoms with Crippen molar-refractivity contribution in [2.24, 2.45) is 0 Å². The smallest absolute Gasteiger partial charge is 0.294 e. The molecule has 4 rings (SSSR count). The van der Waals surface area contributed by atoms with E-state index in [1.807, 2.05) is 0 Å². The van der Waals surface area contributed by atoms with Gasteiger partial charge >= 0.3 is 0 Å². The lowest BCUT2D eigenvalue weighted by Gasteiger charge is -2.15. The van der Waals surface area contributed by atoms with E-state index < -0.39 is 29.4 Å². The molecule has 0 bridgehead atoms. The first kappa shape index (κ1) is 25.3. The topological polar surface area (TPSA) is 84.9 Å². The van der Waals surface area contributed by atoms with Crippen LogP contribution in [-0.2, 0) is 16.2 Å². The molecular formula is C26H20ClFN2O5S. The molecular weight excluding hydrogens is 507 g/mol. The molecule has 1 fully saturated rings. The van der Waals surface area contributed by atoms with Gasteiger partial charge in [0.1, 0.15) is 19.0 Å². The number of nitrogens with one attached hydrogen (secondary N) is 1. The highest BCUT2D eigenvalue weighted by atomic mass is 35.5. The van der Waals surface area contributed by atoms with Gasteiger partial charge in [-0.25, -0.2) is 4.39 Å². The number of halogens is 2. The zero-order valence-corrected chi connectivity index (χ0v) is 20.6. The zero-order valence-electron chi connectivity index (χ0n) is 19.0. The molecule has 0 radical (unpaired) electrons. The summed E-state index contributed by atoms with van der Waals surface area (Å²) in [6, 6.07) is 18.0. The van der Waals surface area contributed by atoms with Gasteiger partial charge in [0.2, 0.25) is 5.91 Å². The Morgan fingerprint density at radius 1 is 1.08 bits per heavy atom. The Bertz CT molecular complexity index is 1330. The third-order valence-corrected chi connectivity index (χ3v) is 6.43. The number of carbonyl (C=O) groups excluding carboxylic acids is 3. The highest BCUT2D eigenvalue weighted by Gasteiger charge is 2.36. The first-order valence-electron chi connectivity index (χ1n) is 10.7. The second kappa shape index (κ2) is 11.3. The Kier molecular flexibility index (Phi) is 7.92. The third kappa shape index (κ3) is 5.69. The van der Waals surface area contributed by atoms with E-state index in [0.29, 0.717) is 28.8 Å². The van der Waals surface area contributed by atoms with E-state index in [9.17, 15) is 18.8 Å². The van der Waals surface area contributed by atoms with E-state index in [4.69, 9.17) is 21.1 Å². The van der Waals surface area contributed by atoms with Gasteiger partial charge in [-0.3, -0.25) is 19.3 Å². The maximum atomic E-state index is 14.2. The molecule has 3 aromatic rings. The van der Waals surface area contributed by atoms with Crippen molar-refractivity contribution in [2.75, 3.05) is 19.0 Å². The summed E-state index contributed by atoms with van der Waals surface area (Å²) in [4.78, 5) is 38.8. The minimum Gasteiger partial charge on any atom is -0.493 e. The van der Waals surface area contributed by atoms with Crippen LogP contribution in [0.2, 0.25) is 5.02 Å². The van der Waals surface area contributed by atoms with Crippen LogP contribution in [0.25, 0.3) is 6.08 Å². The van der Waals surface area contributed by atoms with Gasteiger partial charge < -0.3 is 14.8 Å². The number of hydrogen-bond acceptors (Lipinski definition) is 6. The van der Waals surface area contributed by atoms with Crippen molar-refractivity contribution in [2.45, 2.75) is 6.61 Å². The number of imide groups is 1. The van der Waals surface area contributed by atoms with E-state index in [1.54, 1.807) is 54.6 Å². The number of anilines is 1. The number of carbonyl (C=O) groups is 3. The van der Waals surface area contributed by atoms with E-state index >= 15 is 0 Å². The van der Waals surface area contributed by atoms with Crippen LogP contribution >= 0.6 is 23.4 Å². The Balaban J connectivity index is 1.54. The highest BCUT2D eigenvalue weighted by molar-refractivity contribution is 8.18. The Hall–Kier alpha value is -3.82. The van der Waals surface area contributed by atoms with Gasteiger partial charge in [-0.2, -0.15) is 0 Å². The summed E-state index contributed by atoms with van der Waals surface area (Å²) in [5, 5.41) is 2.29. The summed E-state index contributed by atoms with van der Waals surface area (Å²) < 4.78 is 25.4. The van der Waals surface area contributed by atoms with Crippen LogP contribution in [-0.4, -0.2) is 35.6 Å². The number of benzene rings is 3. The molecule has 1 aliphatic rings. The van der Waals surface area contributed by atoms with Crippen LogP contribution in [0.15, 0.2) is 71.6 Å². The maximum absolute atomic E-state index is 14.2. The molecule has 0 atom stereocenters. The molecule has 0 aliphatic carbocycles. The van der Waals surface area contributed by atoms with E-state index in [1.165, 1.54) is 25.3 Å². The predicted octanol–water partition coefficient (Wildman–Crippen LogP) is 5.74. The summed E-state index contributed by atoms with van der Waals surface area (Å²) in [5.41, 5.74) is 1.15. The minimum absolute atomic E-state index is 0.106. The van der Waals surface area contributed by atoms with E-state index in [-0.39, 0.29) is 27.8 Å². The largest absolute Gasteiger partial charge is 0.493 e. The average molecular weight is 527 g/mol.